The Labute approximate surface area is 243 Å². The van der Waals surface area contributed by atoms with Gasteiger partial charge in [0, 0.05) is 12.8 Å². The second-order valence-corrected chi connectivity index (χ2v) is 8.82. The average Bonchev–Trinajstić information content (AvgIpc) is 2.95. The van der Waals surface area contributed by atoms with E-state index in [9.17, 15) is 9.59 Å². The Balaban J connectivity index is -0.000000535. The lowest BCUT2D eigenvalue weighted by molar-refractivity contribution is -0.137. The first kappa shape index (κ1) is 38.8. The molecule has 0 amide bonds. The number of benzene rings is 2. The number of esters is 1. The van der Waals surface area contributed by atoms with Crippen molar-refractivity contribution in [1.82, 2.24) is 0 Å². The highest BCUT2D eigenvalue weighted by Crippen LogP contribution is 2.14. The van der Waals surface area contributed by atoms with Crippen molar-refractivity contribution in [3.8, 4) is 24.3 Å². The van der Waals surface area contributed by atoms with Crippen molar-refractivity contribution in [2.24, 2.45) is 0 Å². The minimum atomic E-state index is -0.670. The van der Waals surface area contributed by atoms with E-state index in [0.717, 1.165) is 36.8 Å². The van der Waals surface area contributed by atoms with Crippen LogP contribution in [0.1, 0.15) is 111 Å². The van der Waals surface area contributed by atoms with Crippen LogP contribution in [0.5, 0.6) is 11.5 Å². The molecule has 0 aliphatic rings. The molecule has 0 saturated carbocycles. The number of carbonyl (C=O) groups excluding carboxylic acids is 1. The molecule has 0 radical (unpaired) electrons. The van der Waals surface area contributed by atoms with E-state index >= 15 is 0 Å². The number of rotatable bonds is 15. The number of aromatic hydroxyl groups is 1. The van der Waals surface area contributed by atoms with E-state index in [4.69, 9.17) is 26.5 Å². The van der Waals surface area contributed by atoms with E-state index < -0.39 is 5.97 Å². The summed E-state index contributed by atoms with van der Waals surface area (Å²) >= 11 is 0. The van der Waals surface area contributed by atoms with Crippen LogP contribution >= 0.6 is 0 Å². The lowest BCUT2D eigenvalue weighted by atomic mass is 10.1. The Morgan fingerprint density at radius 2 is 1.15 bits per heavy atom. The summed E-state index contributed by atoms with van der Waals surface area (Å²) < 4.78 is 10.9. The third-order valence-corrected chi connectivity index (χ3v) is 5.44. The maximum atomic E-state index is 11.5. The molecule has 0 aromatic heterocycles. The van der Waals surface area contributed by atoms with Gasteiger partial charge in [0.25, 0.3) is 0 Å². The zero-order chi connectivity index (χ0) is 30.4. The van der Waals surface area contributed by atoms with Crippen LogP contribution in [0.2, 0.25) is 0 Å². The Morgan fingerprint density at radius 3 is 1.55 bits per heavy atom. The van der Waals surface area contributed by atoms with Crippen molar-refractivity contribution in [3.05, 3.63) is 59.7 Å². The smallest absolute Gasteiger partial charge is 0.311 e. The van der Waals surface area contributed by atoms with E-state index in [2.05, 4.69) is 20.3 Å². The van der Waals surface area contributed by atoms with E-state index in [1.54, 1.807) is 48.5 Å². The number of phenols is 1. The highest BCUT2D eigenvalue weighted by molar-refractivity contribution is 5.72. The summed E-state index contributed by atoms with van der Waals surface area (Å²) in [5, 5.41) is 34.5. The van der Waals surface area contributed by atoms with Gasteiger partial charge in [-0.15, -0.1) is 12.8 Å². The van der Waals surface area contributed by atoms with E-state index in [1.807, 2.05) is 0 Å². The Kier molecular flexibility index (Phi) is 29.3. The number of phenolic OH excluding ortho intramolecular Hbond substituents is 1. The van der Waals surface area contributed by atoms with Gasteiger partial charge in [0.15, 0.2) is 0 Å². The number of hydrogen-bond donors (Lipinski definition) is 4. The lowest BCUT2D eigenvalue weighted by Crippen LogP contribution is -2.07. The summed E-state index contributed by atoms with van der Waals surface area (Å²) in [5.41, 5.74) is 1.63. The third-order valence-electron chi connectivity index (χ3n) is 5.44. The summed E-state index contributed by atoms with van der Waals surface area (Å²) in [4.78, 5) is 21.6. The van der Waals surface area contributed by atoms with Crippen LogP contribution in [-0.2, 0) is 22.8 Å². The molecule has 7 heteroatoms. The summed E-state index contributed by atoms with van der Waals surface area (Å²) in [6.45, 7) is 4.35. The van der Waals surface area contributed by atoms with Gasteiger partial charge in [-0.3, -0.25) is 9.59 Å². The molecule has 40 heavy (non-hydrogen) atoms. The maximum Gasteiger partial charge on any atom is 0.311 e. The normalized spacial score (nSPS) is 9.43. The van der Waals surface area contributed by atoms with Crippen LogP contribution in [0.15, 0.2) is 48.5 Å². The molecule has 226 valence electrons. The molecule has 0 heterocycles. The molecular weight excluding hydrogens is 508 g/mol. The van der Waals surface area contributed by atoms with Gasteiger partial charge in [0.05, 0.1) is 13.2 Å². The minimum absolute atomic E-state index is 0. The highest BCUT2D eigenvalue weighted by atomic mass is 16.5. The monoisotopic (exact) mass is 561 g/mol. The molecule has 0 bridgehead atoms. The summed E-state index contributed by atoms with van der Waals surface area (Å²) in [7, 11) is 0. The molecule has 2 aromatic rings. The second-order valence-electron chi connectivity index (χ2n) is 8.82. The third kappa shape index (κ3) is 26.3. The van der Waals surface area contributed by atoms with Gasteiger partial charge in [-0.1, -0.05) is 96.9 Å². The minimum Gasteiger partial charge on any atom is -0.508 e. The highest BCUT2D eigenvalue weighted by Gasteiger charge is 2.04. The molecule has 0 atom stereocenters. The van der Waals surface area contributed by atoms with Gasteiger partial charge in [0.2, 0.25) is 0 Å². The number of terminal acetylenes is 1. The molecule has 4 N–H and O–H groups in total. The predicted molar refractivity (Wildman–Crippen MR) is 163 cm³/mol. The van der Waals surface area contributed by atoms with Gasteiger partial charge in [0.1, 0.15) is 12.9 Å². The fourth-order valence-electron chi connectivity index (χ4n) is 3.20. The summed E-state index contributed by atoms with van der Waals surface area (Å²) in [6, 6.07) is 13.4. The first-order valence-corrected chi connectivity index (χ1v) is 13.7. The molecular formula is C33H52O7. The van der Waals surface area contributed by atoms with Crippen LogP contribution in [0.4, 0.5) is 0 Å². The van der Waals surface area contributed by atoms with Crippen LogP contribution in [0.3, 0.4) is 0 Å². The SMILES string of the molecule is C.CCCCCCCC(=O)O.CCCCCCCC(=O)Oc1ccc(CO)cc1.OCc1ccc(O)cc1.[2H]C#C. The standard InChI is InChI=1S/C15H22O3.C8H16O2.C7H8O2.C2H2.CH4/c1-2-3-4-5-6-7-15(17)18-14-10-8-13(12-16)9-11-14;1-2-3-4-5-6-7-8(9)10;8-5-6-1-3-7(9)4-2-6;1-2;/h8-11,16H,2-7,12H2,1H3;2-7H2,1H3,(H,9,10);1-4,8-9H,5H2;1-2H;1H4/i;;;1D;. The van der Waals surface area contributed by atoms with Crippen LogP contribution in [0, 0.1) is 12.8 Å². The molecule has 2 aromatic carbocycles. The Hall–Kier alpha value is -3.34. The van der Waals surface area contributed by atoms with Gasteiger partial charge in [-0.2, -0.15) is 0 Å². The summed E-state index contributed by atoms with van der Waals surface area (Å²) in [6.07, 6.45) is 17.7. The number of aliphatic hydroxyl groups is 2. The van der Waals surface area contributed by atoms with Gasteiger partial charge in [-0.25, -0.2) is 0 Å². The zero-order valence-corrected chi connectivity index (χ0v) is 23.6. The number of aliphatic carboxylic acids is 1. The van der Waals surface area contributed by atoms with Crippen LogP contribution in [0.25, 0.3) is 0 Å². The number of carboxylic acids is 1. The molecule has 0 aliphatic carbocycles. The number of hydrogen-bond acceptors (Lipinski definition) is 6. The molecule has 0 spiro atoms. The second kappa shape index (κ2) is 30.2. The molecule has 0 aliphatic heterocycles. The largest absolute Gasteiger partial charge is 0.508 e. The number of carboxylic acid groups (broad SMARTS) is 1. The fraction of sp³-hybridized carbons (Fsp3) is 0.515. The fourth-order valence-corrected chi connectivity index (χ4v) is 3.20. The van der Waals surface area contributed by atoms with Crippen molar-refractivity contribution >= 4 is 11.9 Å². The topological polar surface area (TPSA) is 124 Å². The average molecular weight is 562 g/mol. The molecule has 0 saturated heterocycles. The van der Waals surface area contributed by atoms with Crippen LogP contribution in [-0.4, -0.2) is 32.4 Å². The van der Waals surface area contributed by atoms with Crippen LogP contribution < -0.4 is 4.74 Å². The summed E-state index contributed by atoms with van der Waals surface area (Å²) in [5.74, 6) is -0.0716. The molecule has 2 rings (SSSR count). The van der Waals surface area contributed by atoms with Crippen molar-refractivity contribution in [2.45, 2.75) is 112 Å². The number of carbonyl (C=O) groups is 2. The van der Waals surface area contributed by atoms with Crippen molar-refractivity contribution in [2.75, 3.05) is 0 Å². The number of ether oxygens (including phenoxy) is 1. The van der Waals surface area contributed by atoms with Crippen molar-refractivity contribution in [3.63, 3.8) is 0 Å². The van der Waals surface area contributed by atoms with Gasteiger partial charge < -0.3 is 25.2 Å². The Morgan fingerprint density at radius 1 is 0.750 bits per heavy atom. The quantitative estimate of drug-likeness (QED) is 0.0762. The van der Waals surface area contributed by atoms with Gasteiger partial charge >= 0.3 is 11.9 Å². The maximum absolute atomic E-state index is 11.5. The first-order chi connectivity index (χ1) is 19.3. The molecule has 7 nitrogen and oxygen atoms in total. The number of unbranched alkanes of at least 4 members (excludes halogenated alkanes) is 8. The Bertz CT molecular complexity index is 907. The van der Waals surface area contributed by atoms with Crippen molar-refractivity contribution in [1.29, 1.82) is 0 Å². The lowest BCUT2D eigenvalue weighted by Gasteiger charge is -2.05. The van der Waals surface area contributed by atoms with Crippen molar-refractivity contribution < 1.29 is 36.1 Å². The van der Waals surface area contributed by atoms with E-state index in [0.29, 0.717) is 18.6 Å². The predicted octanol–water partition coefficient (Wildman–Crippen LogP) is 7.65. The number of aliphatic hydroxyl groups excluding tert-OH is 2. The first-order valence-electron chi connectivity index (χ1n) is 14.2. The molecule has 0 unspecified atom stereocenters. The molecule has 0 fully saturated rings. The zero-order valence-electron chi connectivity index (χ0n) is 24.6. The van der Waals surface area contributed by atoms with E-state index in [-0.39, 0.29) is 32.4 Å². The van der Waals surface area contributed by atoms with E-state index in [1.165, 1.54) is 44.9 Å². The van der Waals surface area contributed by atoms with Gasteiger partial charge in [-0.05, 0) is 48.2 Å².